The number of aryl methyl sites for hydroxylation is 1. The van der Waals surface area contributed by atoms with Crippen LogP contribution in [0.25, 0.3) is 11.0 Å². The lowest BCUT2D eigenvalue weighted by Crippen LogP contribution is -2.29. The van der Waals surface area contributed by atoms with Crippen LogP contribution < -0.4 is 15.1 Å². The van der Waals surface area contributed by atoms with Gasteiger partial charge in [-0.3, -0.25) is 14.5 Å². The van der Waals surface area contributed by atoms with Crippen molar-refractivity contribution < 1.29 is 18.5 Å². The molecule has 1 atom stereocenters. The lowest BCUT2D eigenvalue weighted by atomic mass is 9.98. The van der Waals surface area contributed by atoms with E-state index in [1.807, 2.05) is 36.4 Å². The average Bonchev–Trinajstić information content (AvgIpc) is 3.45. The summed E-state index contributed by atoms with van der Waals surface area (Å²) in [5.74, 6) is 1.02. The van der Waals surface area contributed by atoms with Gasteiger partial charge in [0.2, 0.25) is 5.76 Å². The largest absolute Gasteiger partial charge is 0.489 e. The zero-order chi connectivity index (χ0) is 24.8. The number of anilines is 1. The Morgan fingerprint density at radius 3 is 2.50 bits per heavy atom. The summed E-state index contributed by atoms with van der Waals surface area (Å²) in [5, 5.41) is 5.09. The molecule has 0 unspecified atom stereocenters. The summed E-state index contributed by atoms with van der Waals surface area (Å²) in [6, 6.07) is 22.5. The van der Waals surface area contributed by atoms with Crippen LogP contribution in [-0.4, -0.2) is 11.1 Å². The van der Waals surface area contributed by atoms with Gasteiger partial charge >= 0.3 is 0 Å². The quantitative estimate of drug-likeness (QED) is 0.292. The molecule has 0 saturated carbocycles. The van der Waals surface area contributed by atoms with Crippen molar-refractivity contribution in [3.05, 3.63) is 122 Å². The zero-order valence-electron chi connectivity index (χ0n) is 19.1. The zero-order valence-corrected chi connectivity index (χ0v) is 19.9. The lowest BCUT2D eigenvalue weighted by Gasteiger charge is -2.22. The maximum atomic E-state index is 13.6. The van der Waals surface area contributed by atoms with Crippen molar-refractivity contribution in [3.63, 3.8) is 0 Å². The normalized spacial score (nSPS) is 14.9. The number of aromatic nitrogens is 1. The highest BCUT2D eigenvalue weighted by molar-refractivity contribution is 6.31. The molecule has 8 heteroatoms. The van der Waals surface area contributed by atoms with Crippen LogP contribution in [0, 0.1) is 6.92 Å². The van der Waals surface area contributed by atoms with Gasteiger partial charge in [-0.25, -0.2) is 0 Å². The molecule has 0 spiro atoms. The monoisotopic (exact) mass is 498 g/mol. The number of amides is 1. The molecule has 7 nitrogen and oxygen atoms in total. The summed E-state index contributed by atoms with van der Waals surface area (Å²) in [6.45, 7) is 2.05. The highest BCUT2D eigenvalue weighted by Crippen LogP contribution is 2.41. The van der Waals surface area contributed by atoms with Crippen LogP contribution >= 0.6 is 11.6 Å². The maximum Gasteiger partial charge on any atom is 0.296 e. The first-order valence-corrected chi connectivity index (χ1v) is 11.7. The Labute approximate surface area is 210 Å². The molecule has 1 aliphatic heterocycles. The van der Waals surface area contributed by atoms with Gasteiger partial charge in [0, 0.05) is 16.7 Å². The highest BCUT2D eigenvalue weighted by atomic mass is 35.5. The summed E-state index contributed by atoms with van der Waals surface area (Å²) in [4.78, 5) is 28.5. The standard InChI is InChI=1S/C28H19ClN2O5/c1-16-14-23(30-36-16)31-25(24-26(32)20-7-3-5-9-22(20)35-27(24)28(31)33)17-10-12-19(13-11-17)34-15-18-6-2-4-8-21(18)29/h2-14,25H,15H2,1H3/t25-/m1/s1. The number of ether oxygens (including phenoxy) is 1. The Bertz CT molecular complexity index is 1670. The van der Waals surface area contributed by atoms with Gasteiger partial charge in [0.25, 0.3) is 5.91 Å². The Morgan fingerprint density at radius 2 is 1.75 bits per heavy atom. The molecule has 3 aromatic carbocycles. The minimum absolute atomic E-state index is 0.00315. The molecule has 6 rings (SSSR count). The molecular formula is C28H19ClN2O5. The lowest BCUT2D eigenvalue weighted by molar-refractivity contribution is 0.0969. The Kier molecular flexibility index (Phi) is 5.34. The van der Waals surface area contributed by atoms with E-state index in [0.717, 1.165) is 5.56 Å². The van der Waals surface area contributed by atoms with E-state index in [1.54, 1.807) is 49.4 Å². The summed E-state index contributed by atoms with van der Waals surface area (Å²) in [5.41, 5.74) is 1.94. The van der Waals surface area contributed by atoms with E-state index in [1.165, 1.54) is 4.90 Å². The van der Waals surface area contributed by atoms with E-state index < -0.39 is 11.9 Å². The molecule has 0 N–H and O–H groups in total. The van der Waals surface area contributed by atoms with Gasteiger partial charge in [0.15, 0.2) is 11.2 Å². The topological polar surface area (TPSA) is 85.8 Å². The van der Waals surface area contributed by atoms with Crippen molar-refractivity contribution in [1.82, 2.24) is 5.16 Å². The van der Waals surface area contributed by atoms with Crippen molar-refractivity contribution >= 4 is 34.3 Å². The number of benzene rings is 3. The van der Waals surface area contributed by atoms with Gasteiger partial charge in [0.1, 0.15) is 23.7 Å². The third-order valence-electron chi connectivity index (χ3n) is 6.19. The van der Waals surface area contributed by atoms with Gasteiger partial charge in [0.05, 0.1) is 17.0 Å². The van der Waals surface area contributed by atoms with Crippen LogP contribution in [0.15, 0.2) is 92.6 Å². The first-order chi connectivity index (χ1) is 17.5. The van der Waals surface area contributed by atoms with Crippen molar-refractivity contribution in [3.8, 4) is 5.75 Å². The van der Waals surface area contributed by atoms with Crippen molar-refractivity contribution in [2.75, 3.05) is 4.90 Å². The number of fused-ring (bicyclic) bond motifs is 2. The molecule has 5 aromatic rings. The number of carbonyl (C=O) groups is 1. The van der Waals surface area contributed by atoms with E-state index in [0.29, 0.717) is 45.5 Å². The molecular weight excluding hydrogens is 480 g/mol. The maximum absolute atomic E-state index is 13.6. The molecule has 36 heavy (non-hydrogen) atoms. The van der Waals surface area contributed by atoms with Crippen LogP contribution in [-0.2, 0) is 6.61 Å². The predicted molar refractivity (Wildman–Crippen MR) is 135 cm³/mol. The second kappa shape index (κ2) is 8.70. The number of para-hydroxylation sites is 1. The molecule has 0 fully saturated rings. The molecule has 1 aliphatic rings. The molecule has 1 amide bonds. The number of hydrogen-bond donors (Lipinski definition) is 0. The Balaban J connectivity index is 1.42. The van der Waals surface area contributed by atoms with Crippen LogP contribution in [0.2, 0.25) is 5.02 Å². The van der Waals surface area contributed by atoms with Crippen molar-refractivity contribution in [2.24, 2.45) is 0 Å². The number of rotatable bonds is 5. The van der Waals surface area contributed by atoms with Crippen LogP contribution in [0.4, 0.5) is 5.82 Å². The summed E-state index contributed by atoms with van der Waals surface area (Å²) < 4.78 is 17.1. The average molecular weight is 499 g/mol. The molecule has 3 heterocycles. The van der Waals surface area contributed by atoms with Gasteiger partial charge in [-0.15, -0.1) is 0 Å². The van der Waals surface area contributed by atoms with E-state index >= 15 is 0 Å². The number of carbonyl (C=O) groups excluding carboxylic acids is 1. The Hall–Kier alpha value is -4.36. The number of halogens is 1. The molecule has 0 bridgehead atoms. The third kappa shape index (κ3) is 3.65. The Morgan fingerprint density at radius 1 is 1.00 bits per heavy atom. The molecule has 0 radical (unpaired) electrons. The number of hydrogen-bond acceptors (Lipinski definition) is 6. The minimum atomic E-state index is -0.740. The van der Waals surface area contributed by atoms with Crippen LogP contribution in [0.1, 0.15) is 39.0 Å². The highest BCUT2D eigenvalue weighted by Gasteiger charge is 2.44. The summed E-state index contributed by atoms with van der Waals surface area (Å²) in [6.07, 6.45) is 0. The van der Waals surface area contributed by atoms with Crippen LogP contribution in [0.3, 0.4) is 0 Å². The van der Waals surface area contributed by atoms with E-state index in [9.17, 15) is 9.59 Å². The van der Waals surface area contributed by atoms with Crippen molar-refractivity contribution in [2.45, 2.75) is 19.6 Å². The van der Waals surface area contributed by atoms with Gasteiger partial charge in [-0.1, -0.05) is 59.2 Å². The fourth-order valence-electron chi connectivity index (χ4n) is 4.46. The fourth-order valence-corrected chi connectivity index (χ4v) is 4.65. The van der Waals surface area contributed by atoms with Crippen molar-refractivity contribution in [1.29, 1.82) is 0 Å². The smallest absolute Gasteiger partial charge is 0.296 e. The van der Waals surface area contributed by atoms with Gasteiger partial charge < -0.3 is 13.7 Å². The third-order valence-corrected chi connectivity index (χ3v) is 6.56. The second-order valence-corrected chi connectivity index (χ2v) is 8.90. The fraction of sp³-hybridized carbons (Fsp3) is 0.107. The number of nitrogens with zero attached hydrogens (tertiary/aromatic N) is 2. The second-order valence-electron chi connectivity index (χ2n) is 8.49. The molecule has 2 aromatic heterocycles. The van der Waals surface area contributed by atoms with Gasteiger partial charge in [-0.05, 0) is 42.8 Å². The van der Waals surface area contributed by atoms with E-state index in [2.05, 4.69) is 5.16 Å². The molecule has 178 valence electrons. The summed E-state index contributed by atoms with van der Waals surface area (Å²) >= 11 is 6.23. The minimum Gasteiger partial charge on any atom is -0.489 e. The summed E-state index contributed by atoms with van der Waals surface area (Å²) in [7, 11) is 0. The van der Waals surface area contributed by atoms with Gasteiger partial charge in [-0.2, -0.15) is 0 Å². The molecule has 0 saturated heterocycles. The van der Waals surface area contributed by atoms with E-state index in [4.69, 9.17) is 25.3 Å². The first-order valence-electron chi connectivity index (χ1n) is 11.3. The predicted octanol–water partition coefficient (Wildman–Crippen LogP) is 6.07. The van der Waals surface area contributed by atoms with E-state index in [-0.39, 0.29) is 16.8 Å². The SMILES string of the molecule is Cc1cc(N2C(=O)c3oc4ccccc4c(=O)c3[C@H]2c2ccc(OCc3ccccc3Cl)cc2)no1. The van der Waals surface area contributed by atoms with Crippen LogP contribution in [0.5, 0.6) is 5.75 Å². The molecule has 0 aliphatic carbocycles. The first kappa shape index (κ1) is 22.1.